The van der Waals surface area contributed by atoms with Gasteiger partial charge in [-0.25, -0.2) is 4.79 Å². The second kappa shape index (κ2) is 6.21. The van der Waals surface area contributed by atoms with Gasteiger partial charge in [0.2, 0.25) is 0 Å². The quantitative estimate of drug-likeness (QED) is 0.608. The molecule has 1 saturated heterocycles. The van der Waals surface area contributed by atoms with Crippen LogP contribution in [0.5, 0.6) is 5.75 Å². The lowest BCUT2D eigenvalue weighted by Gasteiger charge is -2.23. The number of ether oxygens (including phenoxy) is 2. The molecule has 0 aromatic heterocycles. The van der Waals surface area contributed by atoms with Gasteiger partial charge in [-0.2, -0.15) is 0 Å². The minimum atomic E-state index is -1.52. The Labute approximate surface area is 131 Å². The predicted molar refractivity (Wildman–Crippen MR) is 77.7 cm³/mol. The normalized spacial score (nSPS) is 20.1. The van der Waals surface area contributed by atoms with E-state index in [0.717, 1.165) is 6.07 Å². The Kier molecular flexibility index (Phi) is 4.50. The minimum Gasteiger partial charge on any atom is -0.496 e. The average Bonchev–Trinajstić information content (AvgIpc) is 2.96. The predicted octanol–water partition coefficient (Wildman–Crippen LogP) is 0.885. The largest absolute Gasteiger partial charge is 0.496 e. The van der Waals surface area contributed by atoms with Gasteiger partial charge in [0, 0.05) is 24.7 Å². The van der Waals surface area contributed by atoms with Crippen LogP contribution in [0, 0.1) is 17.0 Å². The van der Waals surface area contributed by atoms with Gasteiger partial charge in [0.1, 0.15) is 5.75 Å². The van der Waals surface area contributed by atoms with E-state index in [1.54, 1.807) is 0 Å². The Morgan fingerprint density at radius 2 is 2.17 bits per heavy atom. The summed E-state index contributed by atoms with van der Waals surface area (Å²) in [6, 6.07) is 2.43. The van der Waals surface area contributed by atoms with Crippen LogP contribution in [-0.4, -0.2) is 47.8 Å². The lowest BCUT2D eigenvalue weighted by molar-refractivity contribution is -0.385. The number of carboxylic acids is 1. The summed E-state index contributed by atoms with van der Waals surface area (Å²) < 4.78 is 10.1. The van der Waals surface area contributed by atoms with Gasteiger partial charge in [-0.15, -0.1) is 0 Å². The summed E-state index contributed by atoms with van der Waals surface area (Å²) in [5, 5.41) is 22.8. The molecular formula is C14H16N2O7. The maximum absolute atomic E-state index is 12.4. The van der Waals surface area contributed by atoms with E-state index in [9.17, 15) is 24.8 Å². The van der Waals surface area contributed by atoms with Crippen molar-refractivity contribution < 1.29 is 29.1 Å². The summed E-state index contributed by atoms with van der Waals surface area (Å²) >= 11 is 0. The summed E-state index contributed by atoms with van der Waals surface area (Å²) in [5.41, 5.74) is -1.57. The molecule has 1 heterocycles. The Hall–Kier alpha value is -2.68. The van der Waals surface area contributed by atoms with Crippen molar-refractivity contribution in [3.05, 3.63) is 33.4 Å². The molecule has 1 atom stereocenters. The molecule has 9 nitrogen and oxygen atoms in total. The van der Waals surface area contributed by atoms with E-state index >= 15 is 0 Å². The zero-order chi connectivity index (χ0) is 17.2. The maximum atomic E-state index is 12.4. The maximum Gasteiger partial charge on any atom is 0.331 e. The van der Waals surface area contributed by atoms with Gasteiger partial charge in [0.15, 0.2) is 5.54 Å². The highest BCUT2D eigenvalue weighted by Gasteiger charge is 2.44. The van der Waals surface area contributed by atoms with E-state index in [1.807, 2.05) is 0 Å². The van der Waals surface area contributed by atoms with Gasteiger partial charge >= 0.3 is 5.97 Å². The Bertz CT molecular complexity index is 665. The van der Waals surface area contributed by atoms with Crippen LogP contribution in [0.4, 0.5) is 5.69 Å². The summed E-state index contributed by atoms with van der Waals surface area (Å²) in [5.74, 6) is -1.77. The molecule has 2 rings (SSSR count). The van der Waals surface area contributed by atoms with Gasteiger partial charge in [0.25, 0.3) is 11.6 Å². The molecule has 1 aromatic carbocycles. The molecule has 1 unspecified atom stereocenters. The molecule has 1 fully saturated rings. The van der Waals surface area contributed by atoms with Crippen molar-refractivity contribution in [3.8, 4) is 5.75 Å². The standard InChI is InChI=1S/C14H16N2O7/c1-8-10(16(20)21)5-9(6-11(8)22-2)12(17)15-14(13(18)19)3-4-23-7-14/h5-6H,3-4,7H2,1-2H3,(H,15,17)(H,18,19). The van der Waals surface area contributed by atoms with Crippen LogP contribution in [0.2, 0.25) is 0 Å². The highest BCUT2D eigenvalue weighted by Crippen LogP contribution is 2.30. The summed E-state index contributed by atoms with van der Waals surface area (Å²) in [4.78, 5) is 34.2. The Morgan fingerprint density at radius 1 is 1.48 bits per heavy atom. The third kappa shape index (κ3) is 3.09. The SMILES string of the molecule is COc1cc(C(=O)NC2(C(=O)O)CCOC2)cc([N+](=O)[O-])c1C. The molecule has 1 aromatic rings. The van der Waals surface area contributed by atoms with E-state index in [1.165, 1.54) is 20.1 Å². The number of nitrogens with zero attached hydrogens (tertiary/aromatic N) is 1. The fourth-order valence-corrected chi connectivity index (χ4v) is 2.38. The van der Waals surface area contributed by atoms with Gasteiger partial charge in [0.05, 0.1) is 24.2 Å². The lowest BCUT2D eigenvalue weighted by Crippen LogP contribution is -2.55. The van der Waals surface area contributed by atoms with E-state index in [2.05, 4.69) is 5.32 Å². The van der Waals surface area contributed by atoms with Crippen LogP contribution in [-0.2, 0) is 9.53 Å². The number of carboxylic acid groups (broad SMARTS) is 1. The number of rotatable bonds is 5. The van der Waals surface area contributed by atoms with E-state index < -0.39 is 22.3 Å². The van der Waals surface area contributed by atoms with Crippen molar-refractivity contribution in [1.82, 2.24) is 5.32 Å². The molecule has 0 radical (unpaired) electrons. The van der Waals surface area contributed by atoms with Crippen LogP contribution < -0.4 is 10.1 Å². The Balaban J connectivity index is 2.37. The molecule has 0 saturated carbocycles. The molecule has 1 amide bonds. The van der Waals surface area contributed by atoms with Crippen molar-refractivity contribution in [2.45, 2.75) is 18.9 Å². The zero-order valence-electron chi connectivity index (χ0n) is 12.6. The third-order valence-electron chi connectivity index (χ3n) is 3.80. The zero-order valence-corrected chi connectivity index (χ0v) is 12.6. The van der Waals surface area contributed by atoms with Crippen molar-refractivity contribution >= 4 is 17.6 Å². The number of aliphatic carboxylic acids is 1. The highest BCUT2D eigenvalue weighted by atomic mass is 16.6. The number of nitro groups is 1. The number of carbonyl (C=O) groups is 2. The van der Waals surface area contributed by atoms with Crippen LogP contribution >= 0.6 is 0 Å². The molecular weight excluding hydrogens is 308 g/mol. The first-order chi connectivity index (χ1) is 10.8. The first kappa shape index (κ1) is 16.7. The van der Waals surface area contributed by atoms with Crippen LogP contribution in [0.1, 0.15) is 22.3 Å². The van der Waals surface area contributed by atoms with E-state index in [0.29, 0.717) is 0 Å². The number of hydrogen-bond donors (Lipinski definition) is 2. The molecule has 1 aliphatic heterocycles. The topological polar surface area (TPSA) is 128 Å². The minimum absolute atomic E-state index is 0.0494. The van der Waals surface area contributed by atoms with Crippen molar-refractivity contribution in [1.29, 1.82) is 0 Å². The molecule has 124 valence electrons. The molecule has 0 spiro atoms. The van der Waals surface area contributed by atoms with E-state index in [-0.39, 0.29) is 42.2 Å². The first-order valence-corrected chi connectivity index (χ1v) is 6.77. The number of nitro benzene ring substituents is 1. The molecule has 2 N–H and O–H groups in total. The fourth-order valence-electron chi connectivity index (χ4n) is 2.38. The second-order valence-electron chi connectivity index (χ2n) is 5.22. The number of hydrogen-bond acceptors (Lipinski definition) is 6. The molecule has 1 aliphatic rings. The number of nitrogens with one attached hydrogen (secondary N) is 1. The smallest absolute Gasteiger partial charge is 0.331 e. The van der Waals surface area contributed by atoms with Gasteiger partial charge in [-0.1, -0.05) is 0 Å². The number of carbonyl (C=O) groups excluding carboxylic acids is 1. The van der Waals surface area contributed by atoms with Gasteiger partial charge in [-0.05, 0) is 13.0 Å². The second-order valence-corrected chi connectivity index (χ2v) is 5.22. The number of benzene rings is 1. The molecule has 9 heteroatoms. The summed E-state index contributed by atoms with van der Waals surface area (Å²) in [6.45, 7) is 1.56. The van der Waals surface area contributed by atoms with Crippen molar-refractivity contribution in [3.63, 3.8) is 0 Å². The van der Waals surface area contributed by atoms with Gasteiger partial charge < -0.3 is 19.9 Å². The van der Waals surface area contributed by atoms with Gasteiger partial charge in [-0.3, -0.25) is 14.9 Å². The van der Waals surface area contributed by atoms with Crippen molar-refractivity contribution in [2.24, 2.45) is 0 Å². The number of methoxy groups -OCH3 is 1. The van der Waals surface area contributed by atoms with E-state index in [4.69, 9.17) is 9.47 Å². The fraction of sp³-hybridized carbons (Fsp3) is 0.429. The number of amides is 1. The monoisotopic (exact) mass is 324 g/mol. The Morgan fingerprint density at radius 3 is 2.65 bits per heavy atom. The van der Waals surface area contributed by atoms with Crippen LogP contribution in [0.25, 0.3) is 0 Å². The first-order valence-electron chi connectivity index (χ1n) is 6.77. The summed E-state index contributed by atoms with van der Waals surface area (Å²) in [7, 11) is 1.33. The highest BCUT2D eigenvalue weighted by molar-refractivity contribution is 5.99. The van der Waals surface area contributed by atoms with Crippen LogP contribution in [0.3, 0.4) is 0 Å². The molecule has 23 heavy (non-hydrogen) atoms. The van der Waals surface area contributed by atoms with Crippen molar-refractivity contribution in [2.75, 3.05) is 20.3 Å². The van der Waals surface area contributed by atoms with Crippen LogP contribution in [0.15, 0.2) is 12.1 Å². The third-order valence-corrected chi connectivity index (χ3v) is 3.80. The lowest BCUT2D eigenvalue weighted by atomic mass is 9.98. The molecule has 0 bridgehead atoms. The average molecular weight is 324 g/mol. The summed E-state index contributed by atoms with van der Waals surface area (Å²) in [6.07, 6.45) is 0.124. The molecule has 0 aliphatic carbocycles.